The molecule has 0 spiro atoms. The maximum absolute atomic E-state index is 10.4. The van der Waals surface area contributed by atoms with Gasteiger partial charge in [-0.3, -0.25) is 9.11 Å². The standard InChI is InChI=1S/C9H19NO3S.C8H17NO3S/c11-14(12,13)8-4-7-10-9-5-2-1-3-6-9;10-13(11,12)7-6-9-8-4-2-1-3-5-8/h9-10H,1-8H2,(H,11,12,13);8-9H,1-7H2,(H,10,11,12). The van der Waals surface area contributed by atoms with Gasteiger partial charge in [0.1, 0.15) is 0 Å². The van der Waals surface area contributed by atoms with Crippen molar-refractivity contribution in [1.82, 2.24) is 10.6 Å². The van der Waals surface area contributed by atoms with E-state index < -0.39 is 20.2 Å². The highest BCUT2D eigenvalue weighted by Gasteiger charge is 2.14. The highest BCUT2D eigenvalue weighted by molar-refractivity contribution is 7.86. The molecule has 27 heavy (non-hydrogen) atoms. The summed E-state index contributed by atoms with van der Waals surface area (Å²) in [6.45, 7) is 1.05. The van der Waals surface area contributed by atoms with Crippen molar-refractivity contribution in [1.29, 1.82) is 0 Å². The van der Waals surface area contributed by atoms with Gasteiger partial charge in [-0.2, -0.15) is 16.8 Å². The van der Waals surface area contributed by atoms with E-state index >= 15 is 0 Å². The second-order valence-electron chi connectivity index (χ2n) is 7.50. The first kappa shape index (κ1) is 24.8. The summed E-state index contributed by atoms with van der Waals surface area (Å²) < 4.78 is 58.6. The first-order valence-electron chi connectivity index (χ1n) is 10.0. The Hall–Kier alpha value is -0.260. The summed E-state index contributed by atoms with van der Waals surface area (Å²) in [7, 11) is -7.55. The average Bonchev–Trinajstić information content (AvgIpc) is 2.59. The minimum Gasteiger partial charge on any atom is -0.314 e. The summed E-state index contributed by atoms with van der Waals surface area (Å²) in [6.07, 6.45) is 12.8. The van der Waals surface area contributed by atoms with Gasteiger partial charge in [-0.15, -0.1) is 0 Å². The molecule has 8 nitrogen and oxygen atoms in total. The average molecular weight is 429 g/mol. The lowest BCUT2D eigenvalue weighted by atomic mass is 9.95. The van der Waals surface area contributed by atoms with Gasteiger partial charge in [0.05, 0.1) is 11.5 Å². The molecule has 10 heteroatoms. The predicted molar refractivity (Wildman–Crippen MR) is 107 cm³/mol. The molecule has 0 aromatic heterocycles. The van der Waals surface area contributed by atoms with Crippen LogP contribution in [0.5, 0.6) is 0 Å². The number of rotatable bonds is 9. The van der Waals surface area contributed by atoms with Crippen LogP contribution in [-0.2, 0) is 20.2 Å². The third-order valence-electron chi connectivity index (χ3n) is 5.02. The number of hydrogen-bond acceptors (Lipinski definition) is 6. The largest absolute Gasteiger partial charge is 0.314 e. The van der Waals surface area contributed by atoms with Crippen LogP contribution in [0.15, 0.2) is 0 Å². The van der Waals surface area contributed by atoms with E-state index in [0.717, 1.165) is 12.8 Å². The molecule has 0 aromatic carbocycles. The first-order valence-corrected chi connectivity index (χ1v) is 13.2. The van der Waals surface area contributed by atoms with Crippen molar-refractivity contribution in [2.75, 3.05) is 24.6 Å². The van der Waals surface area contributed by atoms with Crippen molar-refractivity contribution in [2.24, 2.45) is 0 Å². The minimum absolute atomic E-state index is 0.132. The van der Waals surface area contributed by atoms with Crippen molar-refractivity contribution in [3.8, 4) is 0 Å². The molecule has 0 saturated heterocycles. The second kappa shape index (κ2) is 13.1. The molecule has 0 bridgehead atoms. The van der Waals surface area contributed by atoms with Crippen LogP contribution in [0.4, 0.5) is 0 Å². The lowest BCUT2D eigenvalue weighted by Crippen LogP contribution is -2.34. The summed E-state index contributed by atoms with van der Waals surface area (Å²) >= 11 is 0. The molecule has 0 radical (unpaired) electrons. The zero-order chi connectivity index (χ0) is 20.2. The molecule has 0 atom stereocenters. The third-order valence-corrected chi connectivity index (χ3v) is 6.54. The molecule has 0 aromatic rings. The first-order chi connectivity index (χ1) is 12.7. The Labute approximate surface area is 164 Å². The van der Waals surface area contributed by atoms with E-state index in [1.54, 1.807) is 0 Å². The van der Waals surface area contributed by atoms with Crippen LogP contribution >= 0.6 is 0 Å². The van der Waals surface area contributed by atoms with Crippen LogP contribution in [-0.4, -0.2) is 62.6 Å². The van der Waals surface area contributed by atoms with Gasteiger partial charge in [0, 0.05) is 18.6 Å². The molecule has 0 unspecified atom stereocenters. The lowest BCUT2D eigenvalue weighted by Gasteiger charge is -2.22. The molecule has 0 amide bonds. The Morgan fingerprint density at radius 1 is 0.630 bits per heavy atom. The Bertz CT molecular complexity index is 583. The monoisotopic (exact) mass is 428 g/mol. The van der Waals surface area contributed by atoms with Crippen LogP contribution < -0.4 is 10.6 Å². The van der Waals surface area contributed by atoms with Crippen molar-refractivity contribution in [3.05, 3.63) is 0 Å². The van der Waals surface area contributed by atoms with Crippen LogP contribution in [0.1, 0.15) is 70.6 Å². The smallest absolute Gasteiger partial charge is 0.266 e. The summed E-state index contributed by atoms with van der Waals surface area (Å²) in [5.74, 6) is -0.309. The molecule has 4 N–H and O–H groups in total. The fraction of sp³-hybridized carbons (Fsp3) is 1.00. The SMILES string of the molecule is O=S(=O)(O)CCCNC1CCCCC1.O=S(=O)(O)CCNC1CCCCC1. The Kier molecular flexibility index (Phi) is 12.0. The maximum Gasteiger partial charge on any atom is 0.266 e. The van der Waals surface area contributed by atoms with Crippen molar-refractivity contribution in [3.63, 3.8) is 0 Å². The molecule has 2 fully saturated rings. The molecule has 2 aliphatic rings. The summed E-state index contributed by atoms with van der Waals surface area (Å²) in [5, 5.41) is 6.46. The molecule has 2 rings (SSSR count). The van der Waals surface area contributed by atoms with Crippen LogP contribution in [0.25, 0.3) is 0 Å². The van der Waals surface area contributed by atoms with Gasteiger partial charge >= 0.3 is 0 Å². The van der Waals surface area contributed by atoms with Gasteiger partial charge in [0.25, 0.3) is 20.2 Å². The third kappa shape index (κ3) is 15.4. The Morgan fingerprint density at radius 2 is 1.04 bits per heavy atom. The van der Waals surface area contributed by atoms with E-state index in [0.29, 0.717) is 31.6 Å². The van der Waals surface area contributed by atoms with Crippen molar-refractivity contribution < 1.29 is 25.9 Å². The summed E-state index contributed by atoms with van der Waals surface area (Å²) in [5.41, 5.74) is 0. The molecule has 0 heterocycles. The fourth-order valence-corrected chi connectivity index (χ4v) is 4.45. The summed E-state index contributed by atoms with van der Waals surface area (Å²) in [6, 6.07) is 1.01. The zero-order valence-corrected chi connectivity index (χ0v) is 17.7. The Balaban J connectivity index is 0.000000271. The van der Waals surface area contributed by atoms with E-state index in [-0.39, 0.29) is 11.5 Å². The maximum atomic E-state index is 10.4. The lowest BCUT2D eigenvalue weighted by molar-refractivity contribution is 0.373. The van der Waals surface area contributed by atoms with E-state index in [2.05, 4.69) is 10.6 Å². The molecular weight excluding hydrogens is 392 g/mol. The number of nitrogens with one attached hydrogen (secondary N) is 2. The molecule has 2 saturated carbocycles. The minimum atomic E-state index is -3.79. The van der Waals surface area contributed by atoms with Crippen molar-refractivity contribution in [2.45, 2.75) is 82.7 Å². The molecule has 2 aliphatic carbocycles. The quantitative estimate of drug-likeness (QED) is 0.324. The predicted octanol–water partition coefficient (Wildman–Crippen LogP) is 1.98. The Morgan fingerprint density at radius 3 is 1.44 bits per heavy atom. The zero-order valence-electron chi connectivity index (χ0n) is 16.1. The van der Waals surface area contributed by atoms with Gasteiger partial charge in [0.2, 0.25) is 0 Å². The highest BCUT2D eigenvalue weighted by atomic mass is 32.2. The fourth-order valence-electron chi connectivity index (χ4n) is 3.57. The van der Waals surface area contributed by atoms with E-state index in [1.807, 2.05) is 0 Å². The molecular formula is C17H36N2O6S2. The molecule has 162 valence electrons. The summed E-state index contributed by atoms with van der Waals surface area (Å²) in [4.78, 5) is 0. The van der Waals surface area contributed by atoms with Crippen molar-refractivity contribution >= 4 is 20.2 Å². The van der Waals surface area contributed by atoms with E-state index in [1.165, 1.54) is 51.4 Å². The van der Waals surface area contributed by atoms with Crippen LogP contribution in [0.2, 0.25) is 0 Å². The normalized spacial score (nSPS) is 20.1. The molecule has 0 aliphatic heterocycles. The van der Waals surface area contributed by atoms with Crippen LogP contribution in [0, 0.1) is 0 Å². The topological polar surface area (TPSA) is 133 Å². The second-order valence-corrected chi connectivity index (χ2v) is 10.6. The van der Waals surface area contributed by atoms with Gasteiger partial charge in [-0.25, -0.2) is 0 Å². The van der Waals surface area contributed by atoms with Gasteiger partial charge in [0.15, 0.2) is 0 Å². The van der Waals surface area contributed by atoms with E-state index in [9.17, 15) is 16.8 Å². The van der Waals surface area contributed by atoms with Crippen LogP contribution in [0.3, 0.4) is 0 Å². The van der Waals surface area contributed by atoms with E-state index in [4.69, 9.17) is 9.11 Å². The van der Waals surface area contributed by atoms with Gasteiger partial charge in [-0.1, -0.05) is 38.5 Å². The highest BCUT2D eigenvalue weighted by Crippen LogP contribution is 2.17. The number of hydrogen-bond donors (Lipinski definition) is 4. The van der Waals surface area contributed by atoms with Gasteiger partial charge < -0.3 is 10.6 Å². The van der Waals surface area contributed by atoms with Gasteiger partial charge in [-0.05, 0) is 38.6 Å².